The molecule has 2 aromatic carbocycles. The molecule has 25 heavy (non-hydrogen) atoms. The lowest BCUT2D eigenvalue weighted by molar-refractivity contribution is -0.0104. The van der Waals surface area contributed by atoms with E-state index in [1.807, 2.05) is 0 Å². The van der Waals surface area contributed by atoms with Gasteiger partial charge in [-0.1, -0.05) is 18.2 Å². The van der Waals surface area contributed by atoms with Crippen molar-refractivity contribution in [1.82, 2.24) is 0 Å². The number of cyclic esters (lactones) is 1. The summed E-state index contributed by atoms with van der Waals surface area (Å²) in [6, 6.07) is 8.80. The third-order valence-electron chi connectivity index (χ3n) is 4.06. The Balaban J connectivity index is 2.06. The van der Waals surface area contributed by atoms with Crippen LogP contribution in [0.5, 0.6) is 17.2 Å². The van der Waals surface area contributed by atoms with E-state index in [1.165, 1.54) is 26.4 Å². The molecular formula is C18H16O7. The maximum atomic E-state index is 12.1. The van der Waals surface area contributed by atoms with Crippen LogP contribution in [0.15, 0.2) is 41.2 Å². The van der Waals surface area contributed by atoms with Crippen molar-refractivity contribution in [2.24, 2.45) is 0 Å². The highest BCUT2D eigenvalue weighted by Crippen LogP contribution is 2.42. The largest absolute Gasteiger partial charge is 0.504 e. The third-order valence-corrected chi connectivity index (χ3v) is 4.06. The van der Waals surface area contributed by atoms with Gasteiger partial charge >= 0.3 is 5.97 Å². The van der Waals surface area contributed by atoms with Gasteiger partial charge in [0.15, 0.2) is 23.4 Å². The predicted octanol–water partition coefficient (Wildman–Crippen LogP) is 1.71. The quantitative estimate of drug-likeness (QED) is 0.814. The molecule has 130 valence electrons. The van der Waals surface area contributed by atoms with Crippen LogP contribution in [0.3, 0.4) is 0 Å². The molecule has 0 aliphatic carbocycles. The zero-order valence-electron chi connectivity index (χ0n) is 13.6. The van der Waals surface area contributed by atoms with Gasteiger partial charge in [-0.15, -0.1) is 0 Å². The Bertz CT molecular complexity index is 891. The van der Waals surface area contributed by atoms with Crippen molar-refractivity contribution in [2.45, 2.75) is 12.2 Å². The molecule has 2 atom stereocenters. The maximum absolute atomic E-state index is 12.1. The van der Waals surface area contributed by atoms with Crippen molar-refractivity contribution < 1.29 is 29.2 Å². The molecule has 0 radical (unpaired) electrons. The number of aliphatic hydroxyl groups is 1. The predicted molar refractivity (Wildman–Crippen MR) is 87.0 cm³/mol. The molecule has 7 heteroatoms. The molecule has 1 heterocycles. The molecule has 0 aromatic heterocycles. The Hall–Kier alpha value is -3.06. The maximum Gasteiger partial charge on any atom is 0.343 e. The van der Waals surface area contributed by atoms with Crippen LogP contribution < -0.4 is 14.9 Å². The zero-order valence-corrected chi connectivity index (χ0v) is 13.6. The van der Waals surface area contributed by atoms with Gasteiger partial charge in [-0.25, -0.2) is 4.79 Å². The lowest BCUT2D eigenvalue weighted by Gasteiger charge is -2.19. The van der Waals surface area contributed by atoms with E-state index in [-0.39, 0.29) is 11.1 Å². The number of rotatable bonds is 4. The molecule has 0 saturated carbocycles. The number of aliphatic hydroxyl groups excluding tert-OH is 1. The number of methoxy groups -OCH3 is 2. The number of ether oxygens (including phenoxy) is 3. The topological polar surface area (TPSA) is 102 Å². The van der Waals surface area contributed by atoms with Crippen LogP contribution >= 0.6 is 0 Å². The summed E-state index contributed by atoms with van der Waals surface area (Å²) in [6.07, 6.45) is -2.28. The van der Waals surface area contributed by atoms with Gasteiger partial charge < -0.3 is 24.4 Å². The monoisotopic (exact) mass is 344 g/mol. The molecule has 2 N–H and O–H groups in total. The molecule has 3 rings (SSSR count). The fourth-order valence-electron chi connectivity index (χ4n) is 2.80. The van der Waals surface area contributed by atoms with Crippen LogP contribution in [0.1, 0.15) is 33.7 Å². The van der Waals surface area contributed by atoms with Crippen molar-refractivity contribution in [2.75, 3.05) is 14.2 Å². The van der Waals surface area contributed by atoms with Crippen molar-refractivity contribution in [3.05, 3.63) is 63.3 Å². The van der Waals surface area contributed by atoms with Gasteiger partial charge in [0.25, 0.3) is 0 Å². The summed E-state index contributed by atoms with van der Waals surface area (Å²) >= 11 is 0. The molecule has 1 aliphatic heterocycles. The summed E-state index contributed by atoms with van der Waals surface area (Å²) in [4.78, 5) is 23.7. The smallest absolute Gasteiger partial charge is 0.343 e. The minimum absolute atomic E-state index is 0.223. The molecule has 0 saturated heterocycles. The number of carbonyl (C=O) groups is 1. The van der Waals surface area contributed by atoms with Crippen LogP contribution in [-0.2, 0) is 4.74 Å². The Labute approximate surface area is 143 Å². The van der Waals surface area contributed by atoms with Crippen molar-refractivity contribution in [3.63, 3.8) is 0 Å². The summed E-state index contributed by atoms with van der Waals surface area (Å²) in [5.41, 5.74) is -0.248. The van der Waals surface area contributed by atoms with Crippen molar-refractivity contribution >= 4 is 5.97 Å². The second-order valence-corrected chi connectivity index (χ2v) is 5.45. The summed E-state index contributed by atoms with van der Waals surface area (Å²) in [5.74, 6) is -0.647. The number of carbonyl (C=O) groups excluding carboxylic acids is 1. The molecule has 2 aromatic rings. The molecule has 1 aliphatic rings. The van der Waals surface area contributed by atoms with Crippen LogP contribution in [0.2, 0.25) is 0 Å². The van der Waals surface area contributed by atoms with E-state index in [1.54, 1.807) is 18.2 Å². The molecule has 0 spiro atoms. The van der Waals surface area contributed by atoms with Crippen molar-refractivity contribution in [3.8, 4) is 17.2 Å². The highest BCUT2D eigenvalue weighted by Gasteiger charge is 2.39. The van der Waals surface area contributed by atoms with E-state index in [4.69, 9.17) is 14.2 Å². The van der Waals surface area contributed by atoms with Gasteiger partial charge in [-0.05, 0) is 23.8 Å². The first-order valence-corrected chi connectivity index (χ1v) is 7.45. The van der Waals surface area contributed by atoms with E-state index in [2.05, 4.69) is 0 Å². The second kappa shape index (κ2) is 6.45. The van der Waals surface area contributed by atoms with Crippen molar-refractivity contribution in [1.29, 1.82) is 0 Å². The third kappa shape index (κ3) is 2.78. The zero-order chi connectivity index (χ0) is 18.1. The minimum atomic E-state index is -1.22. The van der Waals surface area contributed by atoms with Gasteiger partial charge in [0.1, 0.15) is 11.7 Å². The van der Waals surface area contributed by atoms with Gasteiger partial charge in [-0.3, -0.25) is 4.79 Å². The number of hydrogen-bond donors (Lipinski definition) is 2. The first-order valence-electron chi connectivity index (χ1n) is 7.45. The second-order valence-electron chi connectivity index (χ2n) is 5.45. The van der Waals surface area contributed by atoms with Crippen LogP contribution in [0, 0.1) is 0 Å². The lowest BCUT2D eigenvalue weighted by Crippen LogP contribution is -2.11. The van der Waals surface area contributed by atoms with E-state index >= 15 is 0 Å². The van der Waals surface area contributed by atoms with Gasteiger partial charge in [0, 0.05) is 5.56 Å². The molecule has 0 amide bonds. The molecule has 0 fully saturated rings. The minimum Gasteiger partial charge on any atom is -0.504 e. The fourth-order valence-corrected chi connectivity index (χ4v) is 2.80. The first-order chi connectivity index (χ1) is 12.0. The van der Waals surface area contributed by atoms with Gasteiger partial charge in [0.05, 0.1) is 14.2 Å². The van der Waals surface area contributed by atoms with Crippen LogP contribution in [0.25, 0.3) is 0 Å². The number of fused-ring (bicyclic) bond motifs is 1. The highest BCUT2D eigenvalue weighted by atomic mass is 16.6. The number of benzene rings is 1. The summed E-state index contributed by atoms with van der Waals surface area (Å²) in [5, 5.41) is 20.6. The molecule has 2 unspecified atom stereocenters. The average molecular weight is 344 g/mol. The van der Waals surface area contributed by atoms with Crippen LogP contribution in [-0.4, -0.2) is 30.4 Å². The first kappa shape index (κ1) is 16.8. The Morgan fingerprint density at radius 1 is 1.08 bits per heavy atom. The highest BCUT2D eigenvalue weighted by molar-refractivity contribution is 5.96. The van der Waals surface area contributed by atoms with Gasteiger partial charge in [0.2, 0.25) is 5.43 Å². The van der Waals surface area contributed by atoms with E-state index in [9.17, 15) is 19.8 Å². The number of hydrogen-bond acceptors (Lipinski definition) is 7. The normalized spacial score (nSPS) is 16.8. The Morgan fingerprint density at radius 2 is 1.80 bits per heavy atom. The van der Waals surface area contributed by atoms with E-state index < -0.39 is 29.4 Å². The fraction of sp³-hybridized carbons (Fsp3) is 0.222. The van der Waals surface area contributed by atoms with E-state index in [0.717, 1.165) is 6.07 Å². The number of esters is 1. The Kier molecular flexibility index (Phi) is 4.33. The summed E-state index contributed by atoms with van der Waals surface area (Å²) < 4.78 is 15.6. The molecule has 0 bridgehead atoms. The molecular weight excluding hydrogens is 328 g/mol. The standard InChI is InChI=1S/C18H16O7/c1-23-12-7-6-9(8-13(12)24-2)15(20)17-10-4-3-5-11(19)16(21)14(10)18(22)25-17/h3-8,15,17,20H,1-2H3,(H,19,21). The Morgan fingerprint density at radius 3 is 2.48 bits per heavy atom. The summed E-state index contributed by atoms with van der Waals surface area (Å²) in [6.45, 7) is 0. The molecule has 7 nitrogen and oxygen atoms in total. The SMILES string of the molecule is COc1ccc(C(O)C2OC(=O)c3c2cccc(=O)c3O)cc1OC. The van der Waals surface area contributed by atoms with Gasteiger partial charge in [-0.2, -0.15) is 0 Å². The summed E-state index contributed by atoms with van der Waals surface area (Å²) in [7, 11) is 2.96. The number of aromatic hydroxyl groups is 1. The van der Waals surface area contributed by atoms with Crippen LogP contribution in [0.4, 0.5) is 0 Å². The average Bonchev–Trinajstić information content (AvgIpc) is 2.87. The van der Waals surface area contributed by atoms with E-state index in [0.29, 0.717) is 17.1 Å². The lowest BCUT2D eigenvalue weighted by atomic mass is 9.97.